The fourth-order valence-corrected chi connectivity index (χ4v) is 2.31. The van der Waals surface area contributed by atoms with Crippen molar-refractivity contribution in [3.63, 3.8) is 0 Å². The number of benzene rings is 1. The third-order valence-corrected chi connectivity index (χ3v) is 3.34. The second-order valence-corrected chi connectivity index (χ2v) is 4.74. The Morgan fingerprint density at radius 1 is 1.45 bits per heavy atom. The van der Waals surface area contributed by atoms with Crippen molar-refractivity contribution in [2.45, 2.75) is 19.3 Å². The third kappa shape index (κ3) is 2.79. The maximum absolute atomic E-state index is 12.1. The summed E-state index contributed by atoms with van der Waals surface area (Å²) in [6, 6.07) is 5.78. The summed E-state index contributed by atoms with van der Waals surface area (Å²) in [6.45, 7) is 1.49. The van der Waals surface area contributed by atoms with Gasteiger partial charge in [-0.15, -0.1) is 0 Å². The third-order valence-electron chi connectivity index (χ3n) is 3.34. The molecule has 0 saturated carbocycles. The summed E-state index contributed by atoms with van der Waals surface area (Å²) in [5.74, 6) is 0.456. The lowest BCUT2D eigenvalue weighted by molar-refractivity contribution is 0.0953. The smallest absolute Gasteiger partial charge is 0.251 e. The molecule has 1 aromatic heterocycles. The molecule has 104 valence electrons. The molecule has 6 nitrogen and oxygen atoms in total. The molecule has 2 heterocycles. The van der Waals surface area contributed by atoms with Crippen molar-refractivity contribution in [1.82, 2.24) is 15.5 Å². The number of nitrogens with one attached hydrogen (secondary N) is 2. The minimum atomic E-state index is -0.0714. The summed E-state index contributed by atoms with van der Waals surface area (Å²) in [5.41, 5.74) is 3.04. The molecule has 1 aliphatic heterocycles. The van der Waals surface area contributed by atoms with Crippen LogP contribution in [0.3, 0.4) is 0 Å². The van der Waals surface area contributed by atoms with E-state index in [1.54, 1.807) is 0 Å². The van der Waals surface area contributed by atoms with E-state index in [1.807, 2.05) is 18.2 Å². The lowest BCUT2D eigenvalue weighted by atomic mass is 10.0. The van der Waals surface area contributed by atoms with Gasteiger partial charge in [0.1, 0.15) is 0 Å². The molecule has 20 heavy (non-hydrogen) atoms. The minimum absolute atomic E-state index is 0.0714. The molecule has 0 saturated heterocycles. The van der Waals surface area contributed by atoms with Crippen LogP contribution in [0, 0.1) is 0 Å². The lowest BCUT2D eigenvalue weighted by Crippen LogP contribution is -2.26. The zero-order valence-electron chi connectivity index (χ0n) is 11.1. The summed E-state index contributed by atoms with van der Waals surface area (Å²) in [4.78, 5) is 16.0. The summed E-state index contributed by atoms with van der Waals surface area (Å²) >= 11 is 0. The van der Waals surface area contributed by atoms with E-state index in [0.717, 1.165) is 25.1 Å². The fraction of sp³-hybridized carbons (Fsp3) is 0.357. The first-order chi connectivity index (χ1) is 9.83. The van der Waals surface area contributed by atoms with Crippen LogP contribution in [0.1, 0.15) is 28.2 Å². The summed E-state index contributed by atoms with van der Waals surface area (Å²) in [6.07, 6.45) is 4.02. The van der Waals surface area contributed by atoms with Crippen LogP contribution in [0.4, 0.5) is 5.69 Å². The Labute approximate surface area is 116 Å². The standard InChI is InChI=1S/C14H16N4O2/c19-14(16-7-5-13-17-9-18-20-13)11-3-4-12-10(8-11)2-1-6-15-12/h3-4,8-9,15H,1-2,5-7H2,(H,16,19). The van der Waals surface area contributed by atoms with Gasteiger partial charge in [-0.1, -0.05) is 5.16 Å². The number of hydrogen-bond donors (Lipinski definition) is 2. The molecule has 0 aliphatic carbocycles. The van der Waals surface area contributed by atoms with E-state index in [1.165, 1.54) is 11.9 Å². The first-order valence-corrected chi connectivity index (χ1v) is 6.73. The van der Waals surface area contributed by atoms with Gasteiger partial charge < -0.3 is 15.2 Å². The molecule has 3 rings (SSSR count). The van der Waals surface area contributed by atoms with Crippen molar-refractivity contribution < 1.29 is 9.32 Å². The van der Waals surface area contributed by atoms with Crippen molar-refractivity contribution in [2.24, 2.45) is 0 Å². The van der Waals surface area contributed by atoms with Crippen molar-refractivity contribution in [3.8, 4) is 0 Å². The van der Waals surface area contributed by atoms with Crippen molar-refractivity contribution in [3.05, 3.63) is 41.5 Å². The average molecular weight is 272 g/mol. The molecule has 1 aromatic carbocycles. The van der Waals surface area contributed by atoms with Crippen LogP contribution < -0.4 is 10.6 Å². The molecule has 0 unspecified atom stereocenters. The van der Waals surface area contributed by atoms with Gasteiger partial charge in [-0.05, 0) is 36.6 Å². The van der Waals surface area contributed by atoms with Gasteiger partial charge in [0.05, 0.1) is 0 Å². The summed E-state index contributed by atoms with van der Waals surface area (Å²) < 4.78 is 4.87. The number of fused-ring (bicyclic) bond motifs is 1. The van der Waals surface area contributed by atoms with Crippen LogP contribution in [0.2, 0.25) is 0 Å². The molecular weight excluding hydrogens is 256 g/mol. The highest BCUT2D eigenvalue weighted by molar-refractivity contribution is 5.94. The maximum Gasteiger partial charge on any atom is 0.251 e. The van der Waals surface area contributed by atoms with Crippen molar-refractivity contribution >= 4 is 11.6 Å². The monoisotopic (exact) mass is 272 g/mol. The fourth-order valence-electron chi connectivity index (χ4n) is 2.31. The number of aryl methyl sites for hydroxylation is 1. The normalized spacial score (nSPS) is 13.4. The summed E-state index contributed by atoms with van der Waals surface area (Å²) in [7, 11) is 0. The SMILES string of the molecule is O=C(NCCc1ncno1)c1ccc2c(c1)CCCN2. The molecule has 2 aromatic rings. The minimum Gasteiger partial charge on any atom is -0.385 e. The average Bonchev–Trinajstić information content (AvgIpc) is 3.00. The van der Waals surface area contributed by atoms with Gasteiger partial charge in [0, 0.05) is 30.8 Å². The number of anilines is 1. The largest absolute Gasteiger partial charge is 0.385 e. The molecule has 0 bridgehead atoms. The quantitative estimate of drug-likeness (QED) is 0.879. The van der Waals surface area contributed by atoms with Crippen LogP contribution in [0.25, 0.3) is 0 Å². The molecule has 1 aliphatic rings. The number of hydrogen-bond acceptors (Lipinski definition) is 5. The van der Waals surface area contributed by atoms with Crippen LogP contribution >= 0.6 is 0 Å². The number of carbonyl (C=O) groups excluding carboxylic acids is 1. The van der Waals surface area contributed by atoms with Gasteiger partial charge in [0.15, 0.2) is 6.33 Å². The predicted octanol–water partition coefficient (Wildman–Crippen LogP) is 1.40. The van der Waals surface area contributed by atoms with E-state index in [2.05, 4.69) is 20.8 Å². The molecule has 6 heteroatoms. The number of aromatic nitrogens is 2. The molecule has 0 radical (unpaired) electrons. The molecule has 0 fully saturated rings. The van der Waals surface area contributed by atoms with Crippen LogP contribution in [-0.4, -0.2) is 29.1 Å². The van der Waals surface area contributed by atoms with Crippen LogP contribution in [0.5, 0.6) is 0 Å². The molecule has 2 N–H and O–H groups in total. The van der Waals surface area contributed by atoms with Crippen molar-refractivity contribution in [1.29, 1.82) is 0 Å². The number of amides is 1. The highest BCUT2D eigenvalue weighted by Crippen LogP contribution is 2.22. The Bertz CT molecular complexity index is 595. The van der Waals surface area contributed by atoms with E-state index in [-0.39, 0.29) is 5.91 Å². The number of carbonyl (C=O) groups is 1. The van der Waals surface area contributed by atoms with E-state index in [4.69, 9.17) is 4.52 Å². The van der Waals surface area contributed by atoms with Crippen LogP contribution in [0.15, 0.2) is 29.0 Å². The summed E-state index contributed by atoms with van der Waals surface area (Å²) in [5, 5.41) is 9.71. The Balaban J connectivity index is 1.59. The van der Waals surface area contributed by atoms with E-state index in [9.17, 15) is 4.79 Å². The zero-order valence-corrected chi connectivity index (χ0v) is 11.1. The van der Waals surface area contributed by atoms with Gasteiger partial charge in [-0.25, -0.2) is 0 Å². The van der Waals surface area contributed by atoms with Gasteiger partial charge >= 0.3 is 0 Å². The maximum atomic E-state index is 12.1. The first kappa shape index (κ1) is 12.7. The molecule has 0 spiro atoms. The second kappa shape index (κ2) is 5.73. The zero-order chi connectivity index (χ0) is 13.8. The van der Waals surface area contributed by atoms with Gasteiger partial charge in [-0.2, -0.15) is 4.98 Å². The Morgan fingerprint density at radius 2 is 2.40 bits per heavy atom. The van der Waals surface area contributed by atoms with E-state index >= 15 is 0 Å². The molecule has 1 amide bonds. The molecular formula is C14H16N4O2. The topological polar surface area (TPSA) is 80.1 Å². The highest BCUT2D eigenvalue weighted by atomic mass is 16.5. The highest BCUT2D eigenvalue weighted by Gasteiger charge is 2.12. The van der Waals surface area contributed by atoms with Crippen LogP contribution in [-0.2, 0) is 12.8 Å². The van der Waals surface area contributed by atoms with Gasteiger partial charge in [0.2, 0.25) is 5.89 Å². The first-order valence-electron chi connectivity index (χ1n) is 6.73. The second-order valence-electron chi connectivity index (χ2n) is 4.74. The number of rotatable bonds is 4. The predicted molar refractivity (Wildman–Crippen MR) is 73.6 cm³/mol. The lowest BCUT2D eigenvalue weighted by Gasteiger charge is -2.18. The molecule has 0 atom stereocenters. The van der Waals surface area contributed by atoms with Gasteiger partial charge in [0.25, 0.3) is 5.91 Å². The van der Waals surface area contributed by atoms with E-state index in [0.29, 0.717) is 24.4 Å². The van der Waals surface area contributed by atoms with Gasteiger partial charge in [-0.3, -0.25) is 4.79 Å². The Kier molecular flexibility index (Phi) is 3.62. The van der Waals surface area contributed by atoms with Crippen molar-refractivity contribution in [2.75, 3.05) is 18.4 Å². The Hall–Kier alpha value is -2.37. The Morgan fingerprint density at radius 3 is 3.25 bits per heavy atom. The number of nitrogens with zero attached hydrogens (tertiary/aromatic N) is 2. The van der Waals surface area contributed by atoms with E-state index < -0.39 is 0 Å².